The number of aliphatic hydroxyl groups is 1. The second-order valence-electron chi connectivity index (χ2n) is 4.34. The SMILES string of the molecule is CC(C)(C)OC(=O)C1NCC=CC1O. The lowest BCUT2D eigenvalue weighted by Crippen LogP contribution is -2.50. The van der Waals surface area contributed by atoms with Crippen molar-refractivity contribution in [2.24, 2.45) is 0 Å². The summed E-state index contributed by atoms with van der Waals surface area (Å²) in [5.74, 6) is -0.408. The van der Waals surface area contributed by atoms with Gasteiger partial charge in [-0.1, -0.05) is 12.2 Å². The Morgan fingerprint density at radius 2 is 2.21 bits per heavy atom. The van der Waals surface area contributed by atoms with Gasteiger partial charge in [-0.3, -0.25) is 10.1 Å². The Morgan fingerprint density at radius 1 is 1.57 bits per heavy atom. The number of aliphatic hydroxyl groups excluding tert-OH is 1. The van der Waals surface area contributed by atoms with Gasteiger partial charge in [-0.05, 0) is 20.8 Å². The molecular formula is C10H17NO3. The zero-order valence-corrected chi connectivity index (χ0v) is 8.78. The van der Waals surface area contributed by atoms with Crippen molar-refractivity contribution < 1.29 is 14.6 Å². The molecule has 0 amide bonds. The lowest BCUT2D eigenvalue weighted by Gasteiger charge is -2.27. The maximum absolute atomic E-state index is 11.5. The summed E-state index contributed by atoms with van der Waals surface area (Å²) < 4.78 is 5.15. The van der Waals surface area contributed by atoms with Gasteiger partial charge in [0.05, 0.1) is 6.10 Å². The average Bonchev–Trinajstić information content (AvgIpc) is 2.01. The van der Waals surface area contributed by atoms with E-state index in [0.717, 1.165) is 0 Å². The molecule has 2 unspecified atom stereocenters. The smallest absolute Gasteiger partial charge is 0.326 e. The molecule has 0 spiro atoms. The van der Waals surface area contributed by atoms with E-state index in [2.05, 4.69) is 5.32 Å². The summed E-state index contributed by atoms with van der Waals surface area (Å²) in [7, 11) is 0. The van der Waals surface area contributed by atoms with Crippen LogP contribution in [0.3, 0.4) is 0 Å². The number of rotatable bonds is 1. The summed E-state index contributed by atoms with van der Waals surface area (Å²) in [5.41, 5.74) is -0.514. The fourth-order valence-corrected chi connectivity index (χ4v) is 1.22. The van der Waals surface area contributed by atoms with Gasteiger partial charge in [0.2, 0.25) is 0 Å². The van der Waals surface area contributed by atoms with E-state index in [-0.39, 0.29) is 0 Å². The predicted octanol–water partition coefficient (Wildman–Crippen LogP) is 0.217. The molecule has 0 saturated heterocycles. The van der Waals surface area contributed by atoms with Crippen LogP contribution in [-0.2, 0) is 9.53 Å². The first-order valence-corrected chi connectivity index (χ1v) is 4.71. The maximum Gasteiger partial charge on any atom is 0.326 e. The van der Waals surface area contributed by atoms with Crippen LogP contribution < -0.4 is 5.32 Å². The molecule has 0 fully saturated rings. The lowest BCUT2D eigenvalue weighted by molar-refractivity contribution is -0.159. The molecule has 1 aliphatic rings. The van der Waals surface area contributed by atoms with Crippen LogP contribution in [0.5, 0.6) is 0 Å². The molecule has 0 bridgehead atoms. The van der Waals surface area contributed by atoms with Crippen molar-refractivity contribution in [2.45, 2.75) is 38.5 Å². The number of esters is 1. The first-order chi connectivity index (χ1) is 6.40. The Balaban J connectivity index is 2.56. The zero-order chi connectivity index (χ0) is 10.8. The van der Waals surface area contributed by atoms with Gasteiger partial charge in [-0.15, -0.1) is 0 Å². The maximum atomic E-state index is 11.5. The molecule has 0 saturated carbocycles. The molecule has 1 aliphatic heterocycles. The highest BCUT2D eigenvalue weighted by Gasteiger charge is 2.30. The van der Waals surface area contributed by atoms with E-state index in [1.165, 1.54) is 0 Å². The number of hydrogen-bond acceptors (Lipinski definition) is 4. The van der Waals surface area contributed by atoms with E-state index < -0.39 is 23.7 Å². The second kappa shape index (κ2) is 4.11. The summed E-state index contributed by atoms with van der Waals surface area (Å²) in [6.07, 6.45) is 2.59. The second-order valence-corrected chi connectivity index (χ2v) is 4.34. The minimum Gasteiger partial charge on any atom is -0.459 e. The fourth-order valence-electron chi connectivity index (χ4n) is 1.22. The highest BCUT2D eigenvalue weighted by atomic mass is 16.6. The Kier molecular flexibility index (Phi) is 3.29. The quantitative estimate of drug-likeness (QED) is 0.468. The van der Waals surface area contributed by atoms with Crippen LogP contribution in [0.4, 0.5) is 0 Å². The molecule has 0 radical (unpaired) electrons. The van der Waals surface area contributed by atoms with Crippen molar-refractivity contribution in [3.05, 3.63) is 12.2 Å². The highest BCUT2D eigenvalue weighted by molar-refractivity contribution is 5.77. The van der Waals surface area contributed by atoms with Crippen molar-refractivity contribution in [3.8, 4) is 0 Å². The molecule has 2 atom stereocenters. The molecule has 0 aromatic heterocycles. The number of carbonyl (C=O) groups is 1. The van der Waals surface area contributed by atoms with Crippen molar-refractivity contribution in [1.82, 2.24) is 5.32 Å². The molecule has 4 heteroatoms. The van der Waals surface area contributed by atoms with Gasteiger partial charge >= 0.3 is 5.97 Å². The first kappa shape index (κ1) is 11.2. The normalized spacial score (nSPS) is 27.4. The van der Waals surface area contributed by atoms with Crippen LogP contribution in [0, 0.1) is 0 Å². The lowest BCUT2D eigenvalue weighted by atomic mass is 10.1. The van der Waals surface area contributed by atoms with Crippen molar-refractivity contribution in [2.75, 3.05) is 6.54 Å². The monoisotopic (exact) mass is 199 g/mol. The molecule has 1 heterocycles. The van der Waals surface area contributed by atoms with Crippen LogP contribution >= 0.6 is 0 Å². The molecule has 4 nitrogen and oxygen atoms in total. The van der Waals surface area contributed by atoms with Gasteiger partial charge in [-0.25, -0.2) is 0 Å². The third kappa shape index (κ3) is 3.12. The molecule has 2 N–H and O–H groups in total. The summed E-state index contributed by atoms with van der Waals surface area (Å²) in [6, 6.07) is -0.640. The van der Waals surface area contributed by atoms with E-state index in [9.17, 15) is 9.90 Å². The zero-order valence-electron chi connectivity index (χ0n) is 8.78. The first-order valence-electron chi connectivity index (χ1n) is 4.71. The van der Waals surface area contributed by atoms with Crippen molar-refractivity contribution in [1.29, 1.82) is 0 Å². The molecular weight excluding hydrogens is 182 g/mol. The van der Waals surface area contributed by atoms with Crippen molar-refractivity contribution >= 4 is 5.97 Å². The Bertz CT molecular complexity index is 242. The van der Waals surface area contributed by atoms with Crippen LogP contribution in [0.25, 0.3) is 0 Å². The molecule has 0 aliphatic carbocycles. The van der Waals surface area contributed by atoms with Gasteiger partial charge in [0.1, 0.15) is 11.6 Å². The summed E-state index contributed by atoms with van der Waals surface area (Å²) in [5, 5.41) is 12.4. The summed E-state index contributed by atoms with van der Waals surface area (Å²) in [6.45, 7) is 5.99. The fraction of sp³-hybridized carbons (Fsp3) is 0.700. The Morgan fingerprint density at radius 3 is 2.71 bits per heavy atom. The number of ether oxygens (including phenoxy) is 1. The summed E-state index contributed by atoms with van der Waals surface area (Å²) in [4.78, 5) is 11.5. The highest BCUT2D eigenvalue weighted by Crippen LogP contribution is 2.11. The van der Waals surface area contributed by atoms with Gasteiger partial charge in [0.15, 0.2) is 0 Å². The van der Waals surface area contributed by atoms with Crippen molar-refractivity contribution in [3.63, 3.8) is 0 Å². The molecule has 14 heavy (non-hydrogen) atoms. The van der Waals surface area contributed by atoms with Gasteiger partial charge in [0.25, 0.3) is 0 Å². The minimum absolute atomic E-state index is 0.408. The number of carbonyl (C=O) groups excluding carboxylic acids is 1. The van der Waals surface area contributed by atoms with Crippen LogP contribution in [0.15, 0.2) is 12.2 Å². The standard InChI is InChI=1S/C10H17NO3/c1-10(2,3)14-9(13)8-7(12)5-4-6-11-8/h4-5,7-8,11-12H,6H2,1-3H3. The molecule has 0 aromatic carbocycles. The molecule has 1 rings (SSSR count). The molecule has 80 valence electrons. The van der Waals surface area contributed by atoms with Crippen LogP contribution in [-0.4, -0.2) is 35.4 Å². The predicted molar refractivity (Wildman–Crippen MR) is 52.8 cm³/mol. The third-order valence-corrected chi connectivity index (χ3v) is 1.79. The third-order valence-electron chi connectivity index (χ3n) is 1.79. The Hall–Kier alpha value is -0.870. The Labute approximate surface area is 83.9 Å². The minimum atomic E-state index is -0.793. The molecule has 0 aromatic rings. The van der Waals surface area contributed by atoms with Crippen LogP contribution in [0.1, 0.15) is 20.8 Å². The summed E-state index contributed by atoms with van der Waals surface area (Å²) >= 11 is 0. The van der Waals surface area contributed by atoms with E-state index in [0.29, 0.717) is 6.54 Å². The van der Waals surface area contributed by atoms with Gasteiger partial charge in [0, 0.05) is 6.54 Å². The van der Waals surface area contributed by atoms with Crippen LogP contribution in [0.2, 0.25) is 0 Å². The van der Waals surface area contributed by atoms with E-state index in [4.69, 9.17) is 4.74 Å². The largest absolute Gasteiger partial charge is 0.459 e. The van der Waals surface area contributed by atoms with Gasteiger partial charge < -0.3 is 9.84 Å². The van der Waals surface area contributed by atoms with E-state index >= 15 is 0 Å². The van der Waals surface area contributed by atoms with E-state index in [1.54, 1.807) is 32.9 Å². The average molecular weight is 199 g/mol. The van der Waals surface area contributed by atoms with E-state index in [1.807, 2.05) is 0 Å². The number of hydrogen-bond donors (Lipinski definition) is 2. The van der Waals surface area contributed by atoms with Gasteiger partial charge in [-0.2, -0.15) is 0 Å². The topological polar surface area (TPSA) is 58.6 Å². The number of nitrogens with one attached hydrogen (secondary N) is 1.